The second-order valence-corrected chi connectivity index (χ2v) is 3.91. The molecule has 1 rings (SSSR count). The molecule has 0 aliphatic carbocycles. The Balaban J connectivity index is 2.49. The summed E-state index contributed by atoms with van der Waals surface area (Å²) in [7, 11) is 0. The molecule has 20 heavy (non-hydrogen) atoms. The van der Waals surface area contributed by atoms with Crippen LogP contribution >= 0.6 is 0 Å². The lowest BCUT2D eigenvalue weighted by atomic mass is 10.4. The van der Waals surface area contributed by atoms with Gasteiger partial charge in [0.2, 0.25) is 0 Å². The minimum Gasteiger partial charge on any atom is -0.451 e. The van der Waals surface area contributed by atoms with Gasteiger partial charge in [-0.15, -0.1) is 0 Å². The van der Waals surface area contributed by atoms with Gasteiger partial charge in [0.25, 0.3) is 5.91 Å². The highest BCUT2D eigenvalue weighted by Crippen LogP contribution is 2.13. The number of alkyl halides is 3. The van der Waals surface area contributed by atoms with E-state index in [4.69, 9.17) is 5.73 Å². The second kappa shape index (κ2) is 6.31. The lowest BCUT2D eigenvalue weighted by Crippen LogP contribution is -2.36. The average Bonchev–Trinajstić information content (AvgIpc) is 2.74. The van der Waals surface area contributed by atoms with Crippen LogP contribution < -0.4 is 11.1 Å². The summed E-state index contributed by atoms with van der Waals surface area (Å²) in [6.45, 7) is -0.0282. The van der Waals surface area contributed by atoms with E-state index in [0.29, 0.717) is 12.2 Å². The first-order chi connectivity index (χ1) is 9.23. The van der Waals surface area contributed by atoms with Crippen LogP contribution in [0.15, 0.2) is 12.3 Å². The zero-order valence-electron chi connectivity index (χ0n) is 10.7. The van der Waals surface area contributed by atoms with Crippen LogP contribution in [0.25, 0.3) is 0 Å². The molecule has 3 N–H and O–H groups in total. The van der Waals surface area contributed by atoms with Crippen molar-refractivity contribution < 1.29 is 27.5 Å². The van der Waals surface area contributed by atoms with Crippen molar-refractivity contribution in [1.29, 1.82) is 0 Å². The van der Waals surface area contributed by atoms with E-state index in [9.17, 15) is 22.8 Å². The molecule has 1 aromatic heterocycles. The van der Waals surface area contributed by atoms with Crippen molar-refractivity contribution in [2.75, 3.05) is 18.9 Å². The van der Waals surface area contributed by atoms with Crippen LogP contribution in [0, 0.1) is 0 Å². The molecule has 0 radical (unpaired) electrons. The highest BCUT2D eigenvalue weighted by Gasteiger charge is 2.27. The predicted molar refractivity (Wildman–Crippen MR) is 63.9 cm³/mol. The summed E-state index contributed by atoms with van der Waals surface area (Å²) in [4.78, 5) is 22.7. The first kappa shape index (κ1) is 15.9. The summed E-state index contributed by atoms with van der Waals surface area (Å²) in [5, 5.41) is 1.59. The number of amides is 1. The smallest absolute Gasteiger partial charge is 0.405 e. The van der Waals surface area contributed by atoms with E-state index < -0.39 is 31.2 Å². The molecule has 0 aromatic carbocycles. The monoisotopic (exact) mass is 293 g/mol. The molecule has 0 spiro atoms. The molecule has 0 unspecified atom stereocenters. The lowest BCUT2D eigenvalue weighted by molar-refractivity contribution is -0.140. The van der Waals surface area contributed by atoms with Crippen molar-refractivity contribution in [3.63, 3.8) is 0 Å². The lowest BCUT2D eigenvalue weighted by Gasteiger charge is -2.09. The van der Waals surface area contributed by atoms with Crippen LogP contribution in [0.5, 0.6) is 0 Å². The minimum absolute atomic E-state index is 0.133. The van der Waals surface area contributed by atoms with Gasteiger partial charge < -0.3 is 20.4 Å². The van der Waals surface area contributed by atoms with E-state index in [1.807, 2.05) is 0 Å². The number of esters is 1. The fourth-order valence-electron chi connectivity index (χ4n) is 1.42. The van der Waals surface area contributed by atoms with Crippen molar-refractivity contribution in [2.24, 2.45) is 0 Å². The Morgan fingerprint density at radius 2 is 2.10 bits per heavy atom. The molecule has 1 amide bonds. The predicted octanol–water partition coefficient (Wildman–Crippen LogP) is 0.925. The molecule has 0 atom stereocenters. The largest absolute Gasteiger partial charge is 0.451 e. The van der Waals surface area contributed by atoms with Crippen LogP contribution in [0.2, 0.25) is 0 Å². The minimum atomic E-state index is -4.51. The topological polar surface area (TPSA) is 86.3 Å². The first-order valence-corrected chi connectivity index (χ1v) is 5.69. The van der Waals surface area contributed by atoms with E-state index >= 15 is 0 Å². The summed E-state index contributed by atoms with van der Waals surface area (Å²) in [5.41, 5.74) is 5.99. The van der Waals surface area contributed by atoms with E-state index in [1.54, 1.807) is 12.2 Å². The molecule has 6 nitrogen and oxygen atoms in total. The molecule has 0 bridgehead atoms. The van der Waals surface area contributed by atoms with Crippen LogP contribution in [-0.4, -0.2) is 35.8 Å². The molecule has 1 heterocycles. The molecule has 0 saturated carbocycles. The molecule has 9 heteroatoms. The molecule has 0 aliphatic heterocycles. The maximum absolute atomic E-state index is 11.8. The van der Waals surface area contributed by atoms with Crippen LogP contribution in [-0.2, 0) is 16.1 Å². The third-order valence-corrected chi connectivity index (χ3v) is 2.29. The van der Waals surface area contributed by atoms with Crippen molar-refractivity contribution in [2.45, 2.75) is 19.6 Å². The average molecular weight is 293 g/mol. The molecule has 1 aromatic rings. The number of nitrogens with one attached hydrogen (secondary N) is 1. The Hall–Kier alpha value is -2.19. The van der Waals surface area contributed by atoms with Gasteiger partial charge in [0.05, 0.1) is 5.69 Å². The number of ether oxygens (including phenoxy) is 1. The van der Waals surface area contributed by atoms with Gasteiger partial charge in [0.15, 0.2) is 6.61 Å². The molecular weight excluding hydrogens is 279 g/mol. The highest BCUT2D eigenvalue weighted by molar-refractivity contribution is 5.91. The van der Waals surface area contributed by atoms with Gasteiger partial charge in [-0.1, -0.05) is 0 Å². The second-order valence-electron chi connectivity index (χ2n) is 3.91. The first-order valence-electron chi connectivity index (χ1n) is 5.69. The van der Waals surface area contributed by atoms with E-state index in [1.165, 1.54) is 16.8 Å². The summed E-state index contributed by atoms with van der Waals surface area (Å²) < 4.78 is 41.6. The molecular formula is C11H14F3N3O3. The van der Waals surface area contributed by atoms with Crippen LogP contribution in [0.1, 0.15) is 17.4 Å². The number of nitrogens with zero attached hydrogens (tertiary/aromatic N) is 1. The van der Waals surface area contributed by atoms with Gasteiger partial charge in [-0.25, -0.2) is 4.79 Å². The third-order valence-electron chi connectivity index (χ3n) is 2.29. The Morgan fingerprint density at radius 3 is 2.65 bits per heavy atom. The fourth-order valence-corrected chi connectivity index (χ4v) is 1.42. The molecule has 0 aliphatic rings. The Bertz CT molecular complexity index is 497. The Morgan fingerprint density at radius 1 is 1.45 bits per heavy atom. The molecule has 0 fully saturated rings. The zero-order valence-corrected chi connectivity index (χ0v) is 10.7. The summed E-state index contributed by atoms with van der Waals surface area (Å²) in [5.74, 6) is -1.86. The Kier molecular flexibility index (Phi) is 5.00. The van der Waals surface area contributed by atoms with Crippen LogP contribution in [0.4, 0.5) is 18.9 Å². The van der Waals surface area contributed by atoms with E-state index in [-0.39, 0.29) is 5.69 Å². The van der Waals surface area contributed by atoms with Gasteiger partial charge in [-0.05, 0) is 13.0 Å². The standard InChI is InChI=1S/C11H14F3N3O3/c1-2-17-4-7(15)3-8(17)10(19)20-5-9(18)16-6-11(12,13)14/h3-4H,2,5-6,15H2,1H3,(H,16,18). The van der Waals surface area contributed by atoms with Gasteiger partial charge in [0, 0.05) is 12.7 Å². The molecule has 112 valence electrons. The van der Waals surface area contributed by atoms with Crippen molar-refractivity contribution in [1.82, 2.24) is 9.88 Å². The van der Waals surface area contributed by atoms with Crippen molar-refractivity contribution in [3.05, 3.63) is 18.0 Å². The van der Waals surface area contributed by atoms with Crippen molar-refractivity contribution in [3.8, 4) is 0 Å². The van der Waals surface area contributed by atoms with Crippen molar-refractivity contribution >= 4 is 17.6 Å². The number of nitrogen functional groups attached to an aromatic ring is 1. The SMILES string of the molecule is CCn1cc(N)cc1C(=O)OCC(=O)NCC(F)(F)F. The zero-order chi connectivity index (χ0) is 15.3. The number of anilines is 1. The van der Waals surface area contributed by atoms with Gasteiger partial charge in [0.1, 0.15) is 12.2 Å². The van der Waals surface area contributed by atoms with E-state index in [2.05, 4.69) is 4.74 Å². The summed E-state index contributed by atoms with van der Waals surface area (Å²) >= 11 is 0. The summed E-state index contributed by atoms with van der Waals surface area (Å²) in [6.07, 6.45) is -2.99. The fraction of sp³-hybridized carbons (Fsp3) is 0.455. The maximum atomic E-state index is 11.8. The number of rotatable bonds is 5. The number of nitrogens with two attached hydrogens (primary N) is 1. The quantitative estimate of drug-likeness (QED) is 0.791. The normalized spacial score (nSPS) is 11.2. The number of hydrogen-bond acceptors (Lipinski definition) is 4. The maximum Gasteiger partial charge on any atom is 0.405 e. The molecule has 0 saturated heterocycles. The van der Waals surface area contributed by atoms with Crippen LogP contribution in [0.3, 0.4) is 0 Å². The van der Waals surface area contributed by atoms with Gasteiger partial charge in [-0.3, -0.25) is 4.79 Å². The third kappa shape index (κ3) is 4.82. The number of carbonyl (C=O) groups is 2. The van der Waals surface area contributed by atoms with Gasteiger partial charge in [-0.2, -0.15) is 13.2 Å². The van der Waals surface area contributed by atoms with E-state index in [0.717, 1.165) is 0 Å². The number of carbonyl (C=O) groups excluding carboxylic acids is 2. The number of halogens is 3. The highest BCUT2D eigenvalue weighted by atomic mass is 19.4. The Labute approximate surface area is 112 Å². The number of aryl methyl sites for hydroxylation is 1. The summed E-state index contributed by atoms with van der Waals surface area (Å²) in [6, 6.07) is 1.36. The number of hydrogen-bond donors (Lipinski definition) is 2. The number of aromatic nitrogens is 1. The van der Waals surface area contributed by atoms with Gasteiger partial charge >= 0.3 is 12.1 Å².